The first-order valence-corrected chi connectivity index (χ1v) is 4.56. The van der Waals surface area contributed by atoms with Gasteiger partial charge in [0.15, 0.2) is 0 Å². The van der Waals surface area contributed by atoms with Crippen LogP contribution >= 0.6 is 0 Å². The maximum Gasteiger partial charge on any atom is 0.119 e. The fourth-order valence-corrected chi connectivity index (χ4v) is 0.984. The predicted octanol–water partition coefficient (Wildman–Crippen LogP) is 1.32. The topological polar surface area (TPSA) is 53.2 Å². The number of benzene rings is 1. The molecule has 0 unspecified atom stereocenters. The smallest absolute Gasteiger partial charge is 0.119 e. The van der Waals surface area contributed by atoms with Gasteiger partial charge < -0.3 is 9.84 Å². The van der Waals surface area contributed by atoms with Crippen molar-refractivity contribution < 1.29 is 9.84 Å². The number of hydrogen-bond acceptors (Lipinski definition) is 3. The lowest BCUT2D eigenvalue weighted by Crippen LogP contribution is -2.01. The van der Waals surface area contributed by atoms with Crippen LogP contribution in [0.25, 0.3) is 0 Å². The highest BCUT2D eigenvalue weighted by atomic mass is 16.5. The van der Waals surface area contributed by atoms with E-state index < -0.39 is 0 Å². The van der Waals surface area contributed by atoms with E-state index in [2.05, 4.69) is 11.8 Å². The van der Waals surface area contributed by atoms with E-state index in [0.717, 1.165) is 5.56 Å². The van der Waals surface area contributed by atoms with E-state index in [1.54, 1.807) is 12.1 Å². The SMILES string of the molecule is N#CCC#Cc1ccc(OCCO)cc1. The van der Waals surface area contributed by atoms with Crippen LogP contribution < -0.4 is 4.74 Å². The zero-order valence-electron chi connectivity index (χ0n) is 8.23. The summed E-state index contributed by atoms with van der Waals surface area (Å²) in [6.07, 6.45) is 0.239. The number of aliphatic hydroxyl groups excluding tert-OH is 1. The molecule has 0 saturated carbocycles. The molecule has 76 valence electrons. The van der Waals surface area contributed by atoms with Crippen LogP contribution in [0.15, 0.2) is 24.3 Å². The lowest BCUT2D eigenvalue weighted by atomic mass is 10.2. The molecule has 0 heterocycles. The average molecular weight is 201 g/mol. The van der Waals surface area contributed by atoms with Crippen LogP contribution in [0.2, 0.25) is 0 Å². The van der Waals surface area contributed by atoms with Crippen molar-refractivity contribution in [2.45, 2.75) is 6.42 Å². The van der Waals surface area contributed by atoms with Gasteiger partial charge in [-0.05, 0) is 24.3 Å². The molecule has 0 aromatic heterocycles. The van der Waals surface area contributed by atoms with Crippen molar-refractivity contribution in [1.29, 1.82) is 5.26 Å². The first kappa shape index (κ1) is 11.1. The van der Waals surface area contributed by atoms with Gasteiger partial charge in [0.1, 0.15) is 12.4 Å². The van der Waals surface area contributed by atoms with Crippen molar-refractivity contribution >= 4 is 0 Å². The summed E-state index contributed by atoms with van der Waals surface area (Å²) in [7, 11) is 0. The van der Waals surface area contributed by atoms with Crippen molar-refractivity contribution in [2.75, 3.05) is 13.2 Å². The maximum atomic E-state index is 8.55. The number of rotatable bonds is 3. The fraction of sp³-hybridized carbons (Fsp3) is 0.250. The number of nitrogens with zero attached hydrogens (tertiary/aromatic N) is 1. The Kier molecular flexibility index (Phi) is 4.80. The van der Waals surface area contributed by atoms with E-state index in [1.807, 2.05) is 18.2 Å². The second-order valence-corrected chi connectivity index (χ2v) is 2.73. The molecule has 0 spiro atoms. The van der Waals surface area contributed by atoms with Crippen molar-refractivity contribution in [3.8, 4) is 23.7 Å². The second kappa shape index (κ2) is 6.48. The minimum Gasteiger partial charge on any atom is -0.491 e. The standard InChI is InChI=1S/C12H11NO2/c13-8-2-1-3-11-4-6-12(7-5-11)15-10-9-14/h4-7,14H,2,9-10H2. The lowest BCUT2D eigenvalue weighted by Gasteiger charge is -2.02. The molecular formula is C12H11NO2. The van der Waals surface area contributed by atoms with Crippen LogP contribution in [-0.4, -0.2) is 18.3 Å². The third kappa shape index (κ3) is 4.17. The Balaban J connectivity index is 2.58. The molecule has 3 nitrogen and oxygen atoms in total. The first-order chi connectivity index (χ1) is 7.36. The Labute approximate surface area is 88.9 Å². The number of ether oxygens (including phenoxy) is 1. The normalized spacial score (nSPS) is 8.53. The third-order valence-corrected chi connectivity index (χ3v) is 1.61. The molecule has 0 aliphatic carbocycles. The summed E-state index contributed by atoms with van der Waals surface area (Å²) in [5.41, 5.74) is 0.849. The fourth-order valence-electron chi connectivity index (χ4n) is 0.984. The molecule has 0 aliphatic rings. The van der Waals surface area contributed by atoms with Gasteiger partial charge >= 0.3 is 0 Å². The molecule has 1 rings (SSSR count). The van der Waals surface area contributed by atoms with Crippen molar-refractivity contribution in [1.82, 2.24) is 0 Å². The number of aliphatic hydroxyl groups is 1. The molecule has 0 atom stereocenters. The summed E-state index contributed by atoms with van der Waals surface area (Å²) in [5.74, 6) is 6.28. The van der Waals surface area contributed by atoms with Crippen LogP contribution in [0.3, 0.4) is 0 Å². The van der Waals surface area contributed by atoms with Gasteiger partial charge in [-0.25, -0.2) is 0 Å². The Hall–Kier alpha value is -1.97. The summed E-state index contributed by atoms with van der Waals surface area (Å²) in [6, 6.07) is 9.15. The molecule has 0 bridgehead atoms. The van der Waals surface area contributed by atoms with Gasteiger partial charge in [0.2, 0.25) is 0 Å². The van der Waals surface area contributed by atoms with Gasteiger partial charge in [-0.1, -0.05) is 11.8 Å². The molecule has 0 radical (unpaired) electrons. The Morgan fingerprint density at radius 3 is 2.60 bits per heavy atom. The molecule has 0 fully saturated rings. The van der Waals surface area contributed by atoms with Gasteiger partial charge in [0, 0.05) is 5.56 Å². The Morgan fingerprint density at radius 2 is 2.00 bits per heavy atom. The zero-order valence-corrected chi connectivity index (χ0v) is 8.23. The van der Waals surface area contributed by atoms with Gasteiger partial charge in [-0.2, -0.15) is 5.26 Å². The van der Waals surface area contributed by atoms with Gasteiger partial charge in [-0.3, -0.25) is 0 Å². The quantitative estimate of drug-likeness (QED) is 0.750. The third-order valence-electron chi connectivity index (χ3n) is 1.61. The molecule has 1 aromatic rings. The van der Waals surface area contributed by atoms with E-state index in [0.29, 0.717) is 12.4 Å². The largest absolute Gasteiger partial charge is 0.491 e. The van der Waals surface area contributed by atoms with Crippen LogP contribution in [0.5, 0.6) is 5.75 Å². The van der Waals surface area contributed by atoms with Crippen LogP contribution in [-0.2, 0) is 0 Å². The Morgan fingerprint density at radius 1 is 1.27 bits per heavy atom. The van der Waals surface area contributed by atoms with Crippen molar-refractivity contribution in [3.63, 3.8) is 0 Å². The molecule has 0 saturated heterocycles. The Bertz CT molecular complexity index is 392. The molecule has 1 N–H and O–H groups in total. The molecule has 0 amide bonds. The predicted molar refractivity (Wildman–Crippen MR) is 56.1 cm³/mol. The van der Waals surface area contributed by atoms with E-state index in [-0.39, 0.29) is 13.0 Å². The van der Waals surface area contributed by atoms with E-state index in [9.17, 15) is 0 Å². The number of nitriles is 1. The molecule has 3 heteroatoms. The van der Waals surface area contributed by atoms with Gasteiger partial charge in [0.05, 0.1) is 19.1 Å². The average Bonchev–Trinajstić information content (AvgIpc) is 2.28. The van der Waals surface area contributed by atoms with Crippen LogP contribution in [0.1, 0.15) is 12.0 Å². The van der Waals surface area contributed by atoms with E-state index in [4.69, 9.17) is 15.1 Å². The molecule has 15 heavy (non-hydrogen) atoms. The molecule has 0 aliphatic heterocycles. The highest BCUT2D eigenvalue weighted by molar-refractivity contribution is 5.38. The highest BCUT2D eigenvalue weighted by Crippen LogP contribution is 2.11. The summed E-state index contributed by atoms with van der Waals surface area (Å²) in [6.45, 7) is 0.295. The number of hydrogen-bond donors (Lipinski definition) is 1. The molecular weight excluding hydrogens is 190 g/mol. The van der Waals surface area contributed by atoms with Crippen LogP contribution in [0.4, 0.5) is 0 Å². The van der Waals surface area contributed by atoms with Crippen LogP contribution in [0, 0.1) is 23.2 Å². The summed E-state index contributed by atoms with van der Waals surface area (Å²) < 4.78 is 5.19. The van der Waals surface area contributed by atoms with E-state index in [1.165, 1.54) is 0 Å². The van der Waals surface area contributed by atoms with Gasteiger partial charge in [-0.15, -0.1) is 0 Å². The summed E-state index contributed by atoms with van der Waals surface area (Å²) >= 11 is 0. The van der Waals surface area contributed by atoms with E-state index >= 15 is 0 Å². The highest BCUT2D eigenvalue weighted by Gasteiger charge is 1.92. The molecule has 1 aromatic carbocycles. The summed E-state index contributed by atoms with van der Waals surface area (Å²) in [5, 5.41) is 16.8. The monoisotopic (exact) mass is 201 g/mol. The van der Waals surface area contributed by atoms with Crippen molar-refractivity contribution in [2.24, 2.45) is 0 Å². The first-order valence-electron chi connectivity index (χ1n) is 4.56. The minimum atomic E-state index is 0.00370. The minimum absolute atomic E-state index is 0.00370. The van der Waals surface area contributed by atoms with Crippen molar-refractivity contribution in [3.05, 3.63) is 29.8 Å². The lowest BCUT2D eigenvalue weighted by molar-refractivity contribution is 0.201. The zero-order chi connectivity index (χ0) is 10.9. The second-order valence-electron chi connectivity index (χ2n) is 2.73. The summed E-state index contributed by atoms with van der Waals surface area (Å²) in [4.78, 5) is 0. The maximum absolute atomic E-state index is 8.55. The van der Waals surface area contributed by atoms with Gasteiger partial charge in [0.25, 0.3) is 0 Å².